The van der Waals surface area contributed by atoms with E-state index >= 15 is 0 Å². The summed E-state index contributed by atoms with van der Waals surface area (Å²) in [5.74, 6) is 0.886. The van der Waals surface area contributed by atoms with Crippen LogP contribution < -0.4 is 4.74 Å². The molecule has 0 fully saturated rings. The van der Waals surface area contributed by atoms with Gasteiger partial charge < -0.3 is 4.74 Å². The van der Waals surface area contributed by atoms with Gasteiger partial charge in [-0.15, -0.1) is 0 Å². The molecule has 0 aliphatic heterocycles. The first-order valence-electron chi connectivity index (χ1n) is 5.75. The molecule has 0 saturated carbocycles. The van der Waals surface area contributed by atoms with Gasteiger partial charge in [0.15, 0.2) is 0 Å². The summed E-state index contributed by atoms with van der Waals surface area (Å²) < 4.78 is 5.24. The number of pyridine rings is 1. The summed E-state index contributed by atoms with van der Waals surface area (Å²) in [4.78, 5) is 4.75. The second kappa shape index (κ2) is 3.48. The molecule has 0 radical (unpaired) electrons. The summed E-state index contributed by atoms with van der Waals surface area (Å²) in [6, 6.07) is 6.16. The number of rotatable bonds is 1. The average Bonchev–Trinajstić information content (AvgIpc) is 2.77. The molecule has 16 heavy (non-hydrogen) atoms. The van der Waals surface area contributed by atoms with E-state index in [9.17, 15) is 0 Å². The topological polar surface area (TPSA) is 22.1 Å². The van der Waals surface area contributed by atoms with Gasteiger partial charge in [-0.2, -0.15) is 0 Å². The molecule has 1 aromatic carbocycles. The lowest BCUT2D eigenvalue weighted by molar-refractivity contribution is 0.415. The molecule has 0 amide bonds. The van der Waals surface area contributed by atoms with Gasteiger partial charge in [0.05, 0.1) is 12.6 Å². The van der Waals surface area contributed by atoms with E-state index in [0.29, 0.717) is 0 Å². The van der Waals surface area contributed by atoms with Crippen molar-refractivity contribution in [3.63, 3.8) is 0 Å². The number of nitrogens with zero attached hydrogens (tertiary/aromatic N) is 1. The number of ether oxygens (including phenoxy) is 1. The van der Waals surface area contributed by atoms with E-state index in [1.807, 2.05) is 12.1 Å². The van der Waals surface area contributed by atoms with E-state index in [1.165, 1.54) is 35.0 Å². The van der Waals surface area contributed by atoms with Crippen molar-refractivity contribution in [1.29, 1.82) is 0 Å². The molecule has 0 N–H and O–H groups in total. The van der Waals surface area contributed by atoms with E-state index < -0.39 is 0 Å². The summed E-state index contributed by atoms with van der Waals surface area (Å²) >= 11 is 0. The quantitative estimate of drug-likeness (QED) is 0.726. The number of aryl methyl sites for hydroxylation is 2. The highest BCUT2D eigenvalue weighted by Gasteiger charge is 2.17. The standard InChI is InChI=1S/C14H15NO/c1-9-11-4-3-5-13(11)15-14-8-10(16-2)6-7-12(9)14/h6-8H,3-5H2,1-2H3. The number of hydrogen-bond donors (Lipinski definition) is 0. The predicted molar refractivity (Wildman–Crippen MR) is 65.1 cm³/mol. The van der Waals surface area contributed by atoms with Crippen LogP contribution in [0.15, 0.2) is 18.2 Å². The largest absolute Gasteiger partial charge is 0.497 e. The lowest BCUT2D eigenvalue weighted by Gasteiger charge is -2.09. The minimum absolute atomic E-state index is 0.886. The first-order valence-corrected chi connectivity index (χ1v) is 5.75. The van der Waals surface area contributed by atoms with Gasteiger partial charge in [0.25, 0.3) is 0 Å². The van der Waals surface area contributed by atoms with Gasteiger partial charge in [0, 0.05) is 17.1 Å². The molecule has 0 saturated heterocycles. The lowest BCUT2D eigenvalue weighted by Crippen LogP contribution is -1.95. The van der Waals surface area contributed by atoms with Gasteiger partial charge >= 0.3 is 0 Å². The maximum absolute atomic E-state index is 5.24. The third-order valence-electron chi connectivity index (χ3n) is 3.51. The Balaban J connectivity index is 2.32. The molecule has 2 heteroatoms. The van der Waals surface area contributed by atoms with Crippen LogP contribution in [0.2, 0.25) is 0 Å². The number of benzene rings is 1. The van der Waals surface area contributed by atoms with E-state index in [0.717, 1.165) is 17.7 Å². The van der Waals surface area contributed by atoms with E-state index in [-0.39, 0.29) is 0 Å². The summed E-state index contributed by atoms with van der Waals surface area (Å²) in [6.45, 7) is 2.21. The average molecular weight is 213 g/mol. The van der Waals surface area contributed by atoms with Gasteiger partial charge in [0.1, 0.15) is 5.75 Å². The molecule has 0 atom stereocenters. The van der Waals surface area contributed by atoms with Crippen molar-refractivity contribution in [3.05, 3.63) is 35.0 Å². The first-order chi connectivity index (χ1) is 7.79. The second-order valence-corrected chi connectivity index (χ2v) is 4.40. The number of aromatic nitrogens is 1. The minimum Gasteiger partial charge on any atom is -0.497 e. The Labute approximate surface area is 95.3 Å². The van der Waals surface area contributed by atoms with Crippen molar-refractivity contribution in [1.82, 2.24) is 4.98 Å². The number of hydrogen-bond acceptors (Lipinski definition) is 2. The molecule has 1 heterocycles. The SMILES string of the molecule is COc1ccc2c(C)c3c(nc2c1)CCC3. The van der Waals surface area contributed by atoms with Crippen LogP contribution in [0.5, 0.6) is 5.75 Å². The maximum Gasteiger partial charge on any atom is 0.121 e. The van der Waals surface area contributed by atoms with Crippen molar-refractivity contribution in [2.45, 2.75) is 26.2 Å². The molecule has 1 aliphatic rings. The molecule has 1 aliphatic carbocycles. The first kappa shape index (κ1) is 9.64. The zero-order chi connectivity index (χ0) is 11.1. The van der Waals surface area contributed by atoms with Gasteiger partial charge in [-0.05, 0) is 49.4 Å². The van der Waals surface area contributed by atoms with Crippen LogP contribution in [0.3, 0.4) is 0 Å². The molecule has 3 rings (SSSR count). The molecule has 82 valence electrons. The summed E-state index contributed by atoms with van der Waals surface area (Å²) in [5, 5.41) is 1.27. The zero-order valence-corrected chi connectivity index (χ0v) is 9.71. The molecule has 0 bridgehead atoms. The van der Waals surface area contributed by atoms with E-state index in [4.69, 9.17) is 9.72 Å². The van der Waals surface area contributed by atoms with E-state index in [2.05, 4.69) is 13.0 Å². The van der Waals surface area contributed by atoms with Crippen LogP contribution in [0.1, 0.15) is 23.2 Å². The minimum atomic E-state index is 0.886. The highest BCUT2D eigenvalue weighted by atomic mass is 16.5. The molecule has 1 aromatic heterocycles. The van der Waals surface area contributed by atoms with E-state index in [1.54, 1.807) is 7.11 Å². The Bertz CT molecular complexity index is 560. The fourth-order valence-corrected chi connectivity index (χ4v) is 2.61. The van der Waals surface area contributed by atoms with Crippen molar-refractivity contribution < 1.29 is 4.74 Å². The maximum atomic E-state index is 5.24. The Morgan fingerprint density at radius 2 is 2.12 bits per heavy atom. The molecule has 2 aromatic rings. The fourth-order valence-electron chi connectivity index (χ4n) is 2.61. The van der Waals surface area contributed by atoms with Crippen molar-refractivity contribution in [3.8, 4) is 5.75 Å². The smallest absolute Gasteiger partial charge is 0.121 e. The highest BCUT2D eigenvalue weighted by molar-refractivity contribution is 5.85. The predicted octanol–water partition coefficient (Wildman–Crippen LogP) is 3.04. The third kappa shape index (κ3) is 1.29. The zero-order valence-electron chi connectivity index (χ0n) is 9.71. The molecule has 0 spiro atoms. The van der Waals surface area contributed by atoms with Crippen LogP contribution in [0.4, 0.5) is 0 Å². The Hall–Kier alpha value is -1.57. The molecular formula is C14H15NO. The van der Waals surface area contributed by atoms with Crippen LogP contribution in [-0.2, 0) is 12.8 Å². The monoisotopic (exact) mass is 213 g/mol. The van der Waals surface area contributed by atoms with Gasteiger partial charge in [-0.3, -0.25) is 4.98 Å². The van der Waals surface area contributed by atoms with Crippen LogP contribution in [0.25, 0.3) is 10.9 Å². The van der Waals surface area contributed by atoms with Gasteiger partial charge in [-0.25, -0.2) is 0 Å². The third-order valence-corrected chi connectivity index (χ3v) is 3.51. The fraction of sp³-hybridized carbons (Fsp3) is 0.357. The highest BCUT2D eigenvalue weighted by Crippen LogP contribution is 2.30. The molecule has 0 unspecified atom stereocenters. The van der Waals surface area contributed by atoms with Crippen molar-refractivity contribution in [2.75, 3.05) is 7.11 Å². The number of fused-ring (bicyclic) bond motifs is 2. The Morgan fingerprint density at radius 1 is 1.25 bits per heavy atom. The molecular weight excluding hydrogens is 198 g/mol. The van der Waals surface area contributed by atoms with Crippen LogP contribution >= 0.6 is 0 Å². The second-order valence-electron chi connectivity index (χ2n) is 4.40. The summed E-state index contributed by atoms with van der Waals surface area (Å²) in [7, 11) is 1.70. The van der Waals surface area contributed by atoms with Crippen molar-refractivity contribution in [2.24, 2.45) is 0 Å². The summed E-state index contributed by atoms with van der Waals surface area (Å²) in [5.41, 5.74) is 5.23. The normalized spacial score (nSPS) is 14.1. The Kier molecular flexibility index (Phi) is 2.10. The van der Waals surface area contributed by atoms with Crippen LogP contribution in [0, 0.1) is 6.92 Å². The van der Waals surface area contributed by atoms with Gasteiger partial charge in [0.2, 0.25) is 0 Å². The van der Waals surface area contributed by atoms with Gasteiger partial charge in [-0.1, -0.05) is 0 Å². The lowest BCUT2D eigenvalue weighted by atomic mass is 10.0. The number of methoxy groups -OCH3 is 1. The Morgan fingerprint density at radius 3 is 2.94 bits per heavy atom. The molecule has 2 nitrogen and oxygen atoms in total. The summed E-state index contributed by atoms with van der Waals surface area (Å²) in [6.07, 6.45) is 3.57. The van der Waals surface area contributed by atoms with Crippen molar-refractivity contribution >= 4 is 10.9 Å². The van der Waals surface area contributed by atoms with Crippen LogP contribution in [-0.4, -0.2) is 12.1 Å².